The number of fused-ring (bicyclic) bond motifs is 5. The van der Waals surface area contributed by atoms with Gasteiger partial charge in [0.2, 0.25) is 0 Å². The molecule has 1 saturated carbocycles. The molecule has 1 unspecified atom stereocenters. The van der Waals surface area contributed by atoms with Gasteiger partial charge in [0, 0.05) is 24.4 Å². The zero-order valence-electron chi connectivity index (χ0n) is 19.7. The third-order valence-electron chi connectivity index (χ3n) is 8.72. The van der Waals surface area contributed by atoms with E-state index in [-0.39, 0.29) is 0 Å². The first-order chi connectivity index (χ1) is 16.9. The summed E-state index contributed by atoms with van der Waals surface area (Å²) in [5.74, 6) is 1.59. The molecule has 1 atom stereocenters. The van der Waals surface area contributed by atoms with Crippen LogP contribution in [-0.2, 0) is 19.3 Å². The van der Waals surface area contributed by atoms with Gasteiger partial charge in [-0.05, 0) is 91.9 Å². The standard InChI is InChI=1S/C33H30N/c1-2-8-22(7-1)25-19-31-29-14-13-23-9-3-5-11-26(23)28(29)15-16-30(31)32(20-25)33-21-34-18-17-24-10-4-6-12-27(24)33/h3-5,9-13,15-16,18,21-22,25H,1-2,7-8,14,17,19-20H2. The third kappa shape index (κ3) is 3.25. The lowest BCUT2D eigenvalue weighted by molar-refractivity contribution is 0.337. The molecule has 1 heteroatoms. The molecule has 3 aromatic carbocycles. The van der Waals surface area contributed by atoms with Gasteiger partial charge in [-0.3, -0.25) is 4.99 Å². The number of hydrogen-bond donors (Lipinski definition) is 0. The zero-order chi connectivity index (χ0) is 22.5. The molecule has 167 valence electrons. The second-order valence-corrected chi connectivity index (χ2v) is 10.5. The fourth-order valence-electron chi connectivity index (χ4n) is 7.03. The van der Waals surface area contributed by atoms with Gasteiger partial charge in [-0.2, -0.15) is 0 Å². The number of benzene rings is 3. The van der Waals surface area contributed by atoms with E-state index in [0.717, 1.165) is 24.7 Å². The van der Waals surface area contributed by atoms with Crippen LogP contribution < -0.4 is 10.4 Å². The van der Waals surface area contributed by atoms with Crippen LogP contribution in [0.1, 0.15) is 54.4 Å². The summed E-state index contributed by atoms with van der Waals surface area (Å²) in [6.45, 7) is 0. The summed E-state index contributed by atoms with van der Waals surface area (Å²) in [7, 11) is 0. The van der Waals surface area contributed by atoms with Crippen LogP contribution in [0.4, 0.5) is 0 Å². The van der Waals surface area contributed by atoms with E-state index >= 15 is 0 Å². The van der Waals surface area contributed by atoms with Gasteiger partial charge in [-0.15, -0.1) is 0 Å². The summed E-state index contributed by atoms with van der Waals surface area (Å²) in [6.07, 6.45) is 16.6. The lowest BCUT2D eigenvalue weighted by atomic mass is 9.72. The molecule has 0 spiro atoms. The first kappa shape index (κ1) is 20.2. The van der Waals surface area contributed by atoms with Crippen molar-refractivity contribution in [2.24, 2.45) is 16.8 Å². The molecule has 4 aliphatic rings. The molecule has 0 bridgehead atoms. The van der Waals surface area contributed by atoms with Crippen LogP contribution >= 0.6 is 0 Å². The van der Waals surface area contributed by atoms with Crippen molar-refractivity contribution >= 4 is 23.4 Å². The highest BCUT2D eigenvalue weighted by Gasteiger charge is 2.32. The first-order valence-electron chi connectivity index (χ1n) is 13.0. The van der Waals surface area contributed by atoms with Gasteiger partial charge in [0.15, 0.2) is 0 Å². The number of nitrogens with zero attached hydrogens (tertiary/aromatic N) is 1. The highest BCUT2D eigenvalue weighted by atomic mass is 14.7. The van der Waals surface area contributed by atoms with Crippen molar-refractivity contribution in [2.75, 3.05) is 0 Å². The van der Waals surface area contributed by atoms with E-state index in [2.05, 4.69) is 73.1 Å². The second-order valence-electron chi connectivity index (χ2n) is 10.5. The molecule has 7 rings (SSSR count). The molecule has 34 heavy (non-hydrogen) atoms. The smallest absolute Gasteiger partial charge is 0.0345 e. The van der Waals surface area contributed by atoms with Crippen molar-refractivity contribution in [3.63, 3.8) is 0 Å². The Labute approximate surface area is 201 Å². The Balaban J connectivity index is 1.51. The van der Waals surface area contributed by atoms with Gasteiger partial charge in [0.05, 0.1) is 0 Å². The predicted octanol–water partition coefficient (Wildman–Crippen LogP) is 5.68. The molecular formula is C33H30N. The van der Waals surface area contributed by atoms with E-state index in [4.69, 9.17) is 4.99 Å². The molecule has 0 saturated heterocycles. The molecule has 1 aliphatic heterocycles. The minimum absolute atomic E-state index is 0.734. The maximum Gasteiger partial charge on any atom is 0.0345 e. The Morgan fingerprint density at radius 3 is 2.62 bits per heavy atom. The monoisotopic (exact) mass is 440 g/mol. The lowest BCUT2D eigenvalue weighted by Gasteiger charge is -2.32. The highest BCUT2D eigenvalue weighted by Crippen LogP contribution is 2.42. The van der Waals surface area contributed by atoms with Crippen molar-refractivity contribution in [2.45, 2.75) is 51.4 Å². The van der Waals surface area contributed by atoms with Crippen molar-refractivity contribution in [3.05, 3.63) is 110 Å². The van der Waals surface area contributed by atoms with Crippen molar-refractivity contribution in [1.82, 2.24) is 0 Å². The fraction of sp³-hybridized carbons (Fsp3) is 0.303. The van der Waals surface area contributed by atoms with Gasteiger partial charge in [0.25, 0.3) is 0 Å². The van der Waals surface area contributed by atoms with Crippen LogP contribution in [0.15, 0.2) is 65.8 Å². The van der Waals surface area contributed by atoms with E-state index in [9.17, 15) is 0 Å². The van der Waals surface area contributed by atoms with Crippen LogP contribution in [0.3, 0.4) is 0 Å². The Morgan fingerprint density at radius 1 is 0.794 bits per heavy atom. The molecule has 0 N–H and O–H groups in total. The minimum atomic E-state index is 0.734. The average Bonchev–Trinajstić information content (AvgIpc) is 3.35. The van der Waals surface area contributed by atoms with Gasteiger partial charge < -0.3 is 0 Å². The van der Waals surface area contributed by atoms with Crippen LogP contribution in [0.2, 0.25) is 0 Å². The largest absolute Gasteiger partial charge is 0.268 e. The van der Waals surface area contributed by atoms with Gasteiger partial charge in [-0.25, -0.2) is 0 Å². The van der Waals surface area contributed by atoms with Crippen LogP contribution in [0.25, 0.3) is 17.2 Å². The molecule has 0 amide bonds. The summed E-state index contributed by atoms with van der Waals surface area (Å²) in [5, 5.41) is 5.70. The van der Waals surface area contributed by atoms with E-state index in [1.54, 1.807) is 11.1 Å². The summed E-state index contributed by atoms with van der Waals surface area (Å²) < 4.78 is 0. The van der Waals surface area contributed by atoms with E-state index in [1.807, 2.05) is 6.07 Å². The Kier molecular flexibility index (Phi) is 4.89. The molecular weight excluding hydrogens is 410 g/mol. The lowest BCUT2D eigenvalue weighted by Crippen LogP contribution is -2.30. The molecule has 1 heterocycles. The van der Waals surface area contributed by atoms with Crippen LogP contribution in [-0.4, -0.2) is 6.21 Å². The number of allylic oxidation sites excluding steroid dienone is 1. The Morgan fingerprint density at radius 2 is 1.68 bits per heavy atom. The van der Waals surface area contributed by atoms with Crippen LogP contribution in [0.5, 0.6) is 0 Å². The van der Waals surface area contributed by atoms with Crippen molar-refractivity contribution in [3.8, 4) is 0 Å². The summed E-state index contributed by atoms with van der Waals surface area (Å²) in [4.78, 5) is 4.73. The zero-order valence-corrected chi connectivity index (χ0v) is 19.7. The summed E-state index contributed by atoms with van der Waals surface area (Å²) >= 11 is 0. The van der Waals surface area contributed by atoms with E-state index in [0.29, 0.717) is 0 Å². The highest BCUT2D eigenvalue weighted by molar-refractivity contribution is 6.00. The first-order valence-corrected chi connectivity index (χ1v) is 13.0. The third-order valence-corrected chi connectivity index (χ3v) is 8.72. The maximum atomic E-state index is 4.73. The SMILES string of the molecule is [c]1ccc2c(c1)C(C1=c3ccc4c(c3CC(C3CCCC3)C1)CC=c1ccccc1=4)=CN=CC2. The topological polar surface area (TPSA) is 12.4 Å². The minimum Gasteiger partial charge on any atom is -0.268 e. The maximum absolute atomic E-state index is 4.73. The summed E-state index contributed by atoms with van der Waals surface area (Å²) in [6, 6.07) is 23.5. The molecule has 1 radical (unpaired) electrons. The summed E-state index contributed by atoms with van der Waals surface area (Å²) in [5.41, 5.74) is 8.70. The number of hydrogen-bond acceptors (Lipinski definition) is 1. The van der Waals surface area contributed by atoms with Crippen LogP contribution in [0, 0.1) is 28.3 Å². The second kappa shape index (κ2) is 8.24. The Bertz CT molecular complexity index is 1560. The van der Waals surface area contributed by atoms with E-state index in [1.165, 1.54) is 81.7 Å². The van der Waals surface area contributed by atoms with Gasteiger partial charge in [-0.1, -0.05) is 80.3 Å². The van der Waals surface area contributed by atoms with Crippen molar-refractivity contribution in [1.29, 1.82) is 0 Å². The quantitative estimate of drug-likeness (QED) is 0.486. The van der Waals surface area contributed by atoms with E-state index < -0.39 is 0 Å². The number of aliphatic imine (C=N–C) groups is 1. The molecule has 0 aromatic heterocycles. The fourth-order valence-corrected chi connectivity index (χ4v) is 7.03. The van der Waals surface area contributed by atoms with Crippen molar-refractivity contribution < 1.29 is 0 Å². The molecule has 3 aliphatic carbocycles. The Hall–Kier alpha value is -3.19. The predicted molar refractivity (Wildman–Crippen MR) is 141 cm³/mol. The van der Waals surface area contributed by atoms with Gasteiger partial charge >= 0.3 is 0 Å². The number of rotatable bonds is 2. The normalized spacial score (nSPS) is 21.0. The average molecular weight is 441 g/mol. The molecule has 1 fully saturated rings. The molecule has 1 nitrogen and oxygen atoms in total. The van der Waals surface area contributed by atoms with Gasteiger partial charge in [0.1, 0.15) is 0 Å². The molecule has 3 aromatic rings.